The molecule has 146 valence electrons. The highest BCUT2D eigenvalue weighted by Gasteiger charge is 2.28. The monoisotopic (exact) mass is 537 g/mol. The zero-order valence-electron chi connectivity index (χ0n) is 15.9. The number of carbonyl (C=O) groups excluding carboxylic acids is 1. The summed E-state index contributed by atoms with van der Waals surface area (Å²) in [6, 6.07) is 8.44. The molecule has 2 rings (SSSR count). The van der Waals surface area contributed by atoms with Crippen molar-refractivity contribution in [3.63, 3.8) is 0 Å². The van der Waals surface area contributed by atoms with E-state index in [1.54, 1.807) is 7.05 Å². The Balaban J connectivity index is 0.00000338. The summed E-state index contributed by atoms with van der Waals surface area (Å²) in [7, 11) is 3.26. The molecular formula is C19H29BrIN3O2. The number of methoxy groups -OCH3 is 1. The van der Waals surface area contributed by atoms with E-state index in [4.69, 9.17) is 4.74 Å². The number of nitrogens with zero attached hydrogens (tertiary/aromatic N) is 2. The number of guanidine groups is 1. The summed E-state index contributed by atoms with van der Waals surface area (Å²) in [5.41, 5.74) is 1.27. The van der Waals surface area contributed by atoms with Crippen LogP contribution in [0.15, 0.2) is 33.7 Å². The topological polar surface area (TPSA) is 53.9 Å². The van der Waals surface area contributed by atoms with Crippen LogP contribution in [0.1, 0.15) is 32.3 Å². The third-order valence-electron chi connectivity index (χ3n) is 4.85. The fourth-order valence-electron chi connectivity index (χ4n) is 3.13. The summed E-state index contributed by atoms with van der Waals surface area (Å²) in [4.78, 5) is 18.3. The van der Waals surface area contributed by atoms with Crippen LogP contribution >= 0.6 is 39.9 Å². The van der Waals surface area contributed by atoms with Crippen molar-refractivity contribution < 1.29 is 9.53 Å². The minimum absolute atomic E-state index is 0. The number of nitrogens with one attached hydrogen (secondary N) is 1. The van der Waals surface area contributed by atoms with Crippen molar-refractivity contribution in [2.75, 3.05) is 33.8 Å². The molecule has 1 heterocycles. The minimum Gasteiger partial charge on any atom is -0.469 e. The summed E-state index contributed by atoms with van der Waals surface area (Å²) in [5, 5.41) is 3.50. The van der Waals surface area contributed by atoms with Gasteiger partial charge in [-0.1, -0.05) is 41.9 Å². The van der Waals surface area contributed by atoms with Gasteiger partial charge >= 0.3 is 5.97 Å². The van der Waals surface area contributed by atoms with Crippen LogP contribution in [0.2, 0.25) is 0 Å². The normalized spacial score (nSPS) is 16.0. The highest BCUT2D eigenvalue weighted by atomic mass is 127. The van der Waals surface area contributed by atoms with E-state index in [1.807, 2.05) is 0 Å². The first kappa shape index (κ1) is 23.2. The van der Waals surface area contributed by atoms with Gasteiger partial charge in [0.2, 0.25) is 0 Å². The van der Waals surface area contributed by atoms with E-state index < -0.39 is 0 Å². The van der Waals surface area contributed by atoms with Crippen molar-refractivity contribution in [3.8, 4) is 0 Å². The molecule has 7 heteroatoms. The Labute approximate surface area is 182 Å². The fourth-order valence-corrected chi connectivity index (χ4v) is 3.39. The van der Waals surface area contributed by atoms with Crippen LogP contribution in [-0.4, -0.2) is 50.6 Å². The minimum atomic E-state index is -0.0982. The van der Waals surface area contributed by atoms with Crippen molar-refractivity contribution >= 4 is 51.8 Å². The molecule has 0 spiro atoms. The van der Waals surface area contributed by atoms with Gasteiger partial charge in [0.05, 0.1) is 13.0 Å². The number of hydrogen-bond donors (Lipinski definition) is 1. The Hall–Kier alpha value is -0.830. The van der Waals surface area contributed by atoms with E-state index in [9.17, 15) is 4.79 Å². The number of benzene rings is 1. The molecule has 1 fully saturated rings. The van der Waals surface area contributed by atoms with Crippen molar-refractivity contribution in [2.45, 2.75) is 32.1 Å². The van der Waals surface area contributed by atoms with Crippen LogP contribution in [-0.2, 0) is 14.9 Å². The molecule has 1 aromatic rings. The second kappa shape index (κ2) is 10.5. The second-order valence-electron chi connectivity index (χ2n) is 7.08. The molecule has 1 saturated heterocycles. The van der Waals surface area contributed by atoms with Gasteiger partial charge in [-0.05, 0) is 30.5 Å². The van der Waals surface area contributed by atoms with Gasteiger partial charge in [-0.3, -0.25) is 9.79 Å². The van der Waals surface area contributed by atoms with Crippen LogP contribution in [0.25, 0.3) is 0 Å². The fraction of sp³-hybridized carbons (Fsp3) is 0.579. The Morgan fingerprint density at radius 2 is 1.88 bits per heavy atom. The van der Waals surface area contributed by atoms with Gasteiger partial charge < -0.3 is 15.0 Å². The van der Waals surface area contributed by atoms with Gasteiger partial charge in [-0.25, -0.2) is 0 Å². The molecule has 1 N–H and O–H groups in total. The van der Waals surface area contributed by atoms with Gasteiger partial charge in [0.15, 0.2) is 5.96 Å². The second-order valence-corrected chi connectivity index (χ2v) is 7.99. The van der Waals surface area contributed by atoms with Gasteiger partial charge in [0.1, 0.15) is 0 Å². The van der Waals surface area contributed by atoms with Crippen molar-refractivity contribution in [1.82, 2.24) is 10.2 Å². The van der Waals surface area contributed by atoms with Crippen LogP contribution in [0.4, 0.5) is 0 Å². The maximum atomic E-state index is 11.7. The number of esters is 1. The standard InChI is InChI=1S/C19H28BrN3O2.HI/c1-19(2,15-5-7-16(20)8-6-15)13-22-18(21-3)23-11-9-14(10-12-23)17(24)25-4;/h5-8,14H,9-13H2,1-4H3,(H,21,22);1H. The first-order chi connectivity index (χ1) is 11.9. The Bertz CT molecular complexity index is 612. The van der Waals surface area contributed by atoms with Crippen LogP contribution in [0.5, 0.6) is 0 Å². The van der Waals surface area contributed by atoms with Gasteiger partial charge in [-0.15, -0.1) is 24.0 Å². The number of rotatable bonds is 4. The van der Waals surface area contributed by atoms with Crippen molar-refractivity contribution in [2.24, 2.45) is 10.9 Å². The van der Waals surface area contributed by atoms with Gasteiger partial charge in [-0.2, -0.15) is 0 Å². The third-order valence-corrected chi connectivity index (χ3v) is 5.38. The first-order valence-electron chi connectivity index (χ1n) is 8.67. The number of halogens is 2. The zero-order chi connectivity index (χ0) is 18.4. The largest absolute Gasteiger partial charge is 0.469 e. The number of ether oxygens (including phenoxy) is 1. The Morgan fingerprint density at radius 3 is 2.38 bits per heavy atom. The van der Waals surface area contributed by atoms with Crippen LogP contribution in [0.3, 0.4) is 0 Å². The van der Waals surface area contributed by atoms with E-state index >= 15 is 0 Å². The average molecular weight is 538 g/mol. The molecule has 0 unspecified atom stereocenters. The molecule has 0 aromatic heterocycles. The zero-order valence-corrected chi connectivity index (χ0v) is 19.8. The summed E-state index contributed by atoms with van der Waals surface area (Å²) in [5.74, 6) is 0.811. The summed E-state index contributed by atoms with van der Waals surface area (Å²) >= 11 is 3.48. The summed E-state index contributed by atoms with van der Waals surface area (Å²) in [6.07, 6.45) is 1.62. The predicted molar refractivity (Wildman–Crippen MR) is 120 cm³/mol. The highest BCUT2D eigenvalue weighted by molar-refractivity contribution is 14.0. The van der Waals surface area contributed by atoms with Crippen LogP contribution in [0, 0.1) is 5.92 Å². The van der Waals surface area contributed by atoms with Crippen molar-refractivity contribution in [3.05, 3.63) is 34.3 Å². The molecular weight excluding hydrogens is 509 g/mol. The highest BCUT2D eigenvalue weighted by Crippen LogP contribution is 2.24. The molecule has 0 aliphatic carbocycles. The third kappa shape index (κ3) is 6.11. The van der Waals surface area contributed by atoms with Gasteiger partial charge in [0.25, 0.3) is 0 Å². The quantitative estimate of drug-likeness (QED) is 0.275. The van der Waals surface area contributed by atoms with E-state index in [-0.39, 0.29) is 41.3 Å². The molecule has 0 bridgehead atoms. The lowest BCUT2D eigenvalue weighted by atomic mass is 9.84. The number of carbonyl (C=O) groups is 1. The van der Waals surface area contributed by atoms with E-state index in [1.165, 1.54) is 12.7 Å². The SMILES string of the molecule is CN=C(NCC(C)(C)c1ccc(Br)cc1)N1CCC(C(=O)OC)CC1.I. The van der Waals surface area contributed by atoms with Crippen molar-refractivity contribution in [1.29, 1.82) is 0 Å². The molecule has 5 nitrogen and oxygen atoms in total. The lowest BCUT2D eigenvalue weighted by Gasteiger charge is -2.35. The van der Waals surface area contributed by atoms with Gasteiger partial charge in [0, 0.05) is 36.6 Å². The Morgan fingerprint density at radius 1 is 1.31 bits per heavy atom. The summed E-state index contributed by atoms with van der Waals surface area (Å²) < 4.78 is 5.94. The predicted octanol–water partition coefficient (Wildman–Crippen LogP) is 3.81. The molecule has 0 atom stereocenters. The maximum Gasteiger partial charge on any atom is 0.308 e. The number of hydrogen-bond acceptors (Lipinski definition) is 3. The number of piperidine rings is 1. The van der Waals surface area contributed by atoms with E-state index in [2.05, 4.69) is 69.3 Å². The molecule has 1 aliphatic heterocycles. The van der Waals surface area contributed by atoms with Crippen LogP contribution < -0.4 is 5.32 Å². The summed E-state index contributed by atoms with van der Waals surface area (Å²) in [6.45, 7) is 6.87. The molecule has 0 radical (unpaired) electrons. The number of likely N-dealkylation sites (tertiary alicyclic amines) is 1. The lowest BCUT2D eigenvalue weighted by Crippen LogP contribution is -2.49. The first-order valence-corrected chi connectivity index (χ1v) is 9.46. The molecule has 1 aromatic carbocycles. The average Bonchev–Trinajstić information content (AvgIpc) is 2.62. The smallest absolute Gasteiger partial charge is 0.308 e. The molecule has 0 saturated carbocycles. The maximum absolute atomic E-state index is 11.7. The molecule has 26 heavy (non-hydrogen) atoms. The van der Waals surface area contributed by atoms with E-state index in [0.29, 0.717) is 0 Å². The number of aliphatic imine (C=N–C) groups is 1. The lowest BCUT2D eigenvalue weighted by molar-refractivity contribution is -0.146. The van der Waals surface area contributed by atoms with E-state index in [0.717, 1.165) is 42.9 Å². The molecule has 1 aliphatic rings. The molecule has 0 amide bonds. The Kier molecular flexibility index (Phi) is 9.36.